The molecule has 17 heavy (non-hydrogen) atoms. The van der Waals surface area contributed by atoms with Crippen LogP contribution in [0.3, 0.4) is 0 Å². The molecule has 0 saturated carbocycles. The summed E-state index contributed by atoms with van der Waals surface area (Å²) in [4.78, 5) is 10.8. The van der Waals surface area contributed by atoms with Gasteiger partial charge in [-0.25, -0.2) is 4.79 Å². The molecule has 0 saturated heterocycles. The lowest BCUT2D eigenvalue weighted by atomic mass is 10.2. The van der Waals surface area contributed by atoms with Crippen LogP contribution in [0.4, 0.5) is 8.78 Å². The zero-order valence-electron chi connectivity index (χ0n) is 8.90. The Balaban J connectivity index is 3.62. The van der Waals surface area contributed by atoms with Gasteiger partial charge in [-0.15, -0.1) is 0 Å². The van der Waals surface area contributed by atoms with Crippen molar-refractivity contribution in [3.05, 3.63) is 0 Å². The van der Waals surface area contributed by atoms with Crippen LogP contribution in [0.1, 0.15) is 25.7 Å². The lowest BCUT2D eigenvalue weighted by Crippen LogP contribution is -2.28. The molecule has 0 atom stereocenters. The van der Waals surface area contributed by atoms with Gasteiger partial charge in [0.25, 0.3) is 0 Å². The van der Waals surface area contributed by atoms with Gasteiger partial charge in [-0.3, -0.25) is 5.04 Å². The van der Waals surface area contributed by atoms with Crippen molar-refractivity contribution in [2.75, 3.05) is 13.2 Å². The van der Waals surface area contributed by atoms with E-state index >= 15 is 0 Å². The van der Waals surface area contributed by atoms with Gasteiger partial charge in [-0.05, 0) is 19.3 Å². The lowest BCUT2D eigenvalue weighted by molar-refractivity contribution is -0.777. The molecule has 0 aliphatic carbocycles. The van der Waals surface area contributed by atoms with Gasteiger partial charge in [-0.1, -0.05) is 6.42 Å². The maximum Gasteiger partial charge on any atom is 0.415 e. The summed E-state index contributed by atoms with van der Waals surface area (Å²) in [6.45, 7) is -0.0837. The van der Waals surface area contributed by atoms with Gasteiger partial charge < -0.3 is 15.1 Å². The third kappa shape index (κ3) is 8.27. The van der Waals surface area contributed by atoms with E-state index in [1.165, 1.54) is 0 Å². The van der Waals surface area contributed by atoms with Crippen LogP contribution in [0, 0.1) is 0 Å². The monoisotopic (exact) mass is 275 g/mol. The van der Waals surface area contributed by atoms with Gasteiger partial charge in [0.15, 0.2) is 0 Å². The van der Waals surface area contributed by atoms with Crippen molar-refractivity contribution in [1.82, 2.24) is 0 Å². The largest absolute Gasteiger partial charge is 0.691 e. The fourth-order valence-corrected chi connectivity index (χ4v) is 1.15. The van der Waals surface area contributed by atoms with E-state index in [-0.39, 0.29) is 13.2 Å². The van der Waals surface area contributed by atoms with Crippen LogP contribution in [-0.2, 0) is 18.9 Å². The molecule has 0 aromatic carbocycles. The molecule has 0 heterocycles. The Morgan fingerprint density at radius 1 is 1.29 bits per heavy atom. The molecule has 0 aliphatic rings. The second-order valence-corrected chi connectivity index (χ2v) is 3.83. The van der Waals surface area contributed by atoms with E-state index in [2.05, 4.69) is 14.1 Å². The molecule has 9 heteroatoms. The van der Waals surface area contributed by atoms with E-state index in [0.717, 1.165) is 6.42 Å². The van der Waals surface area contributed by atoms with Crippen molar-refractivity contribution in [3.63, 3.8) is 0 Å². The van der Waals surface area contributed by atoms with Crippen LogP contribution in [0.5, 0.6) is 0 Å². The second-order valence-electron chi connectivity index (χ2n) is 3.01. The number of halogens is 2. The van der Waals surface area contributed by atoms with Crippen LogP contribution in [0.25, 0.3) is 0 Å². The molecule has 0 amide bonds. The molecular weight excluding hydrogens is 262 g/mol. The minimum absolute atomic E-state index is 0.0705. The van der Waals surface area contributed by atoms with Crippen molar-refractivity contribution in [2.45, 2.75) is 30.9 Å². The van der Waals surface area contributed by atoms with Crippen LogP contribution in [0.2, 0.25) is 0 Å². The first-order valence-corrected chi connectivity index (χ1v) is 5.59. The van der Waals surface area contributed by atoms with E-state index in [4.69, 9.17) is 5.11 Å². The van der Waals surface area contributed by atoms with Crippen LogP contribution in [0.15, 0.2) is 0 Å². The normalized spacial score (nSPS) is 11.5. The zero-order chi connectivity index (χ0) is 13.1. The molecule has 0 rings (SSSR count). The van der Waals surface area contributed by atoms with E-state index in [1.54, 1.807) is 0 Å². The average Bonchev–Trinajstić information content (AvgIpc) is 2.30. The third-order valence-corrected chi connectivity index (χ3v) is 2.19. The van der Waals surface area contributed by atoms with Gasteiger partial charge in [0.1, 0.15) is 12.0 Å². The fraction of sp³-hybridized carbons (Fsp3) is 0.875. The molecule has 102 valence electrons. The Labute approximate surface area is 101 Å². The van der Waals surface area contributed by atoms with E-state index < -0.39 is 23.3 Å². The van der Waals surface area contributed by atoms with Crippen molar-refractivity contribution in [3.8, 4) is 0 Å². The van der Waals surface area contributed by atoms with Gasteiger partial charge in [0.05, 0.1) is 6.61 Å². The summed E-state index contributed by atoms with van der Waals surface area (Å²) in [6, 6.07) is 0. The zero-order valence-corrected chi connectivity index (χ0v) is 9.71. The Morgan fingerprint density at radius 2 is 1.94 bits per heavy atom. The predicted molar refractivity (Wildman–Crippen MR) is 51.2 cm³/mol. The number of carbonyl (C=O) groups is 1. The predicted octanol–water partition coefficient (Wildman–Crippen LogP) is 0.547. The molecule has 0 fully saturated rings. The van der Waals surface area contributed by atoms with Crippen LogP contribution in [-0.4, -0.2) is 29.5 Å². The first kappa shape index (κ1) is 16.5. The van der Waals surface area contributed by atoms with Crippen molar-refractivity contribution in [1.29, 1.82) is 0 Å². The summed E-state index contributed by atoms with van der Waals surface area (Å²) in [5.41, 5.74) is 0. The number of rotatable bonds is 10. The number of ether oxygens (including phenoxy) is 1. The highest BCUT2D eigenvalue weighted by molar-refractivity contribution is 7.96. The molecule has 0 aliphatic heterocycles. The highest BCUT2D eigenvalue weighted by atomic mass is 32.2. The minimum atomic E-state index is -3.98. The number of hydrogen-bond acceptors (Lipinski definition) is 7. The van der Waals surface area contributed by atoms with E-state index in [1.807, 2.05) is 0 Å². The van der Waals surface area contributed by atoms with Crippen LogP contribution < -0.4 is 5.26 Å². The summed E-state index contributed by atoms with van der Waals surface area (Å²) in [5, 5.41) is 16.5. The summed E-state index contributed by atoms with van der Waals surface area (Å²) in [6.07, 6.45) is 2.43. The summed E-state index contributed by atoms with van der Waals surface area (Å²) in [7, 11) is 0. The van der Waals surface area contributed by atoms with E-state index in [0.29, 0.717) is 19.3 Å². The fourth-order valence-electron chi connectivity index (χ4n) is 0.907. The summed E-state index contributed by atoms with van der Waals surface area (Å²) in [5.74, 6) is -1.79. The maximum absolute atomic E-state index is 12.7. The minimum Gasteiger partial charge on any atom is -0.691 e. The molecule has 6 nitrogen and oxygen atoms in total. The van der Waals surface area contributed by atoms with Crippen LogP contribution >= 0.6 is 12.0 Å². The van der Waals surface area contributed by atoms with Gasteiger partial charge >= 0.3 is 11.2 Å². The van der Waals surface area contributed by atoms with Crippen molar-refractivity contribution < 1.29 is 38.0 Å². The Kier molecular flexibility index (Phi) is 9.27. The Morgan fingerprint density at radius 3 is 2.53 bits per heavy atom. The lowest BCUT2D eigenvalue weighted by Gasteiger charge is -2.13. The summed E-state index contributed by atoms with van der Waals surface area (Å²) < 4.78 is 33.1. The number of esters is 1. The molecular formula is C8H13F2O6S-. The smallest absolute Gasteiger partial charge is 0.415 e. The summed E-state index contributed by atoms with van der Waals surface area (Å²) >= 11 is -0.717. The number of aliphatic hydroxyl groups is 1. The maximum atomic E-state index is 12.7. The Bertz CT molecular complexity index is 216. The number of aliphatic hydroxyl groups excluding tert-OH is 1. The number of unbranched alkanes of at least 4 members (excludes halogenated alkanes) is 3. The second kappa shape index (κ2) is 9.54. The van der Waals surface area contributed by atoms with Gasteiger partial charge in [0.2, 0.25) is 0 Å². The molecule has 0 radical (unpaired) electrons. The highest BCUT2D eigenvalue weighted by Gasteiger charge is 2.43. The number of hydrogen-bond donors (Lipinski definition) is 1. The molecule has 0 aromatic rings. The molecule has 0 aromatic heterocycles. The number of carbonyl (C=O) groups excluding carboxylic acids is 1. The third-order valence-electron chi connectivity index (χ3n) is 1.69. The quantitative estimate of drug-likeness (QED) is 0.205. The van der Waals surface area contributed by atoms with Crippen molar-refractivity contribution >= 4 is 18.0 Å². The first-order chi connectivity index (χ1) is 8.04. The molecule has 0 bridgehead atoms. The molecule has 0 unspecified atom stereocenters. The molecule has 0 spiro atoms. The number of alkyl halides is 2. The average molecular weight is 275 g/mol. The molecule has 1 N–H and O–H groups in total. The van der Waals surface area contributed by atoms with Gasteiger partial charge in [0, 0.05) is 6.61 Å². The first-order valence-electron chi connectivity index (χ1n) is 4.85. The van der Waals surface area contributed by atoms with Crippen molar-refractivity contribution in [2.24, 2.45) is 0 Å². The standard InChI is InChI=1S/C8H14F2O6S/c9-8(10,17-16-15-13)7(12)14-6-4-2-1-3-5-11/h11,13H,1-6H2/p-1. The van der Waals surface area contributed by atoms with E-state index in [9.17, 15) is 18.8 Å². The van der Waals surface area contributed by atoms with Gasteiger partial charge in [-0.2, -0.15) is 13.1 Å². The SMILES string of the molecule is O=C(OCCCCCCO)C(F)(F)SOO[O-]. The topological polar surface area (TPSA) is 88.1 Å². The highest BCUT2D eigenvalue weighted by Crippen LogP contribution is 2.30. The Hall–Kier alpha value is -0.480.